The van der Waals surface area contributed by atoms with Gasteiger partial charge in [0.15, 0.2) is 0 Å². The number of anilines is 1. The Morgan fingerprint density at radius 3 is 2.11 bits per heavy atom. The molecule has 2 aromatic carbocycles. The molecule has 0 radical (unpaired) electrons. The predicted molar refractivity (Wildman–Crippen MR) is 104 cm³/mol. The molecule has 27 heavy (non-hydrogen) atoms. The Bertz CT molecular complexity index is 1060. The van der Waals surface area contributed by atoms with Gasteiger partial charge in [-0.2, -0.15) is 4.31 Å². The minimum Gasteiger partial charge on any atom is -0.280 e. The first-order valence-electron chi connectivity index (χ1n) is 7.80. The Morgan fingerprint density at radius 1 is 0.926 bits per heavy atom. The molecule has 0 unspecified atom stereocenters. The molecule has 2 aromatic rings. The fourth-order valence-corrected chi connectivity index (χ4v) is 5.91. The van der Waals surface area contributed by atoms with Crippen LogP contribution in [0, 0.1) is 5.82 Å². The second-order valence-corrected chi connectivity index (χ2v) is 9.79. The van der Waals surface area contributed by atoms with E-state index in [2.05, 4.69) is 4.72 Å². The van der Waals surface area contributed by atoms with Crippen LogP contribution in [0.15, 0.2) is 46.2 Å². The maximum absolute atomic E-state index is 13.1. The predicted octanol–water partition coefficient (Wildman–Crippen LogP) is 3.96. The number of benzene rings is 2. The molecule has 0 amide bonds. The molecule has 0 aliphatic rings. The lowest BCUT2D eigenvalue weighted by atomic mass is 10.3. The van der Waals surface area contributed by atoms with E-state index in [0.717, 1.165) is 24.3 Å². The van der Waals surface area contributed by atoms with E-state index < -0.39 is 25.9 Å². The Hall–Kier alpha value is -1.39. The SMILES string of the molecule is CCN(CC)S(=O)(=O)c1cc(NS(=O)(=O)c2ccc(F)cc2Cl)ccc1Cl. The molecular formula is C16H17Cl2FN2O4S2. The van der Waals surface area contributed by atoms with Crippen LogP contribution in [-0.4, -0.2) is 34.2 Å². The standard InChI is InChI=1S/C16H17Cl2FN2O4S2/c1-3-21(4-2)27(24,25)16-10-12(6-7-13(16)17)20-26(22,23)15-8-5-11(19)9-14(15)18/h5-10,20H,3-4H2,1-2H3. The molecule has 0 fully saturated rings. The van der Waals surface area contributed by atoms with Crippen LogP contribution in [0.25, 0.3) is 0 Å². The highest BCUT2D eigenvalue weighted by molar-refractivity contribution is 7.93. The van der Waals surface area contributed by atoms with Crippen LogP contribution < -0.4 is 4.72 Å². The highest BCUT2D eigenvalue weighted by Crippen LogP contribution is 2.30. The van der Waals surface area contributed by atoms with E-state index in [1.807, 2.05) is 0 Å². The Labute approximate surface area is 168 Å². The number of rotatable bonds is 7. The minimum absolute atomic E-state index is 0.0227. The largest absolute Gasteiger partial charge is 0.280 e. The molecule has 0 saturated heterocycles. The summed E-state index contributed by atoms with van der Waals surface area (Å²) in [4.78, 5) is -0.563. The normalized spacial score (nSPS) is 12.4. The number of nitrogens with zero attached hydrogens (tertiary/aromatic N) is 1. The molecule has 2 rings (SSSR count). The third kappa shape index (κ3) is 4.72. The van der Waals surface area contributed by atoms with Gasteiger partial charge in [0.1, 0.15) is 15.6 Å². The molecular weight excluding hydrogens is 438 g/mol. The van der Waals surface area contributed by atoms with Gasteiger partial charge in [0.25, 0.3) is 10.0 Å². The monoisotopic (exact) mass is 454 g/mol. The van der Waals surface area contributed by atoms with Crippen molar-refractivity contribution < 1.29 is 21.2 Å². The highest BCUT2D eigenvalue weighted by Gasteiger charge is 2.26. The molecule has 0 heterocycles. The van der Waals surface area contributed by atoms with Crippen molar-refractivity contribution in [2.45, 2.75) is 23.6 Å². The van der Waals surface area contributed by atoms with Crippen LogP contribution in [-0.2, 0) is 20.0 Å². The van der Waals surface area contributed by atoms with Crippen LogP contribution >= 0.6 is 23.2 Å². The summed E-state index contributed by atoms with van der Waals surface area (Å²) in [7, 11) is -8.06. The van der Waals surface area contributed by atoms with Gasteiger partial charge in [-0.3, -0.25) is 4.72 Å². The van der Waals surface area contributed by atoms with E-state index in [-0.39, 0.29) is 38.6 Å². The lowest BCUT2D eigenvalue weighted by molar-refractivity contribution is 0.445. The first-order chi connectivity index (χ1) is 12.5. The maximum atomic E-state index is 13.1. The average Bonchev–Trinajstić information content (AvgIpc) is 2.56. The molecule has 1 N–H and O–H groups in total. The summed E-state index contributed by atoms with van der Waals surface area (Å²) in [6, 6.07) is 6.57. The van der Waals surface area contributed by atoms with Gasteiger partial charge in [-0.15, -0.1) is 0 Å². The molecule has 0 aliphatic carbocycles. The summed E-state index contributed by atoms with van der Waals surface area (Å²) in [5, 5.41) is -0.336. The summed E-state index contributed by atoms with van der Waals surface area (Å²) >= 11 is 11.8. The lowest BCUT2D eigenvalue weighted by Gasteiger charge is -2.20. The molecule has 0 spiro atoms. The fourth-order valence-electron chi connectivity index (χ4n) is 2.37. The van der Waals surface area contributed by atoms with Crippen LogP contribution in [0.3, 0.4) is 0 Å². The summed E-state index contributed by atoms with van der Waals surface area (Å²) < 4.78 is 67.0. The zero-order chi connectivity index (χ0) is 20.4. The van der Waals surface area contributed by atoms with Crippen molar-refractivity contribution in [3.8, 4) is 0 Å². The van der Waals surface area contributed by atoms with Crippen molar-refractivity contribution in [1.82, 2.24) is 4.31 Å². The third-order valence-corrected chi connectivity index (χ3v) is 8.09. The van der Waals surface area contributed by atoms with Gasteiger partial charge in [0, 0.05) is 13.1 Å². The summed E-state index contributed by atoms with van der Waals surface area (Å²) in [5.74, 6) is -0.682. The Kier molecular flexibility index (Phi) is 6.75. The summed E-state index contributed by atoms with van der Waals surface area (Å²) in [6.07, 6.45) is 0. The van der Waals surface area contributed by atoms with Crippen LogP contribution in [0.4, 0.5) is 10.1 Å². The van der Waals surface area contributed by atoms with Gasteiger partial charge in [-0.05, 0) is 36.4 Å². The number of nitrogens with one attached hydrogen (secondary N) is 1. The molecule has 11 heteroatoms. The van der Waals surface area contributed by atoms with Gasteiger partial charge in [0.2, 0.25) is 10.0 Å². The molecule has 6 nitrogen and oxygen atoms in total. The first kappa shape index (κ1) is 21.9. The van der Waals surface area contributed by atoms with Crippen molar-refractivity contribution in [2.24, 2.45) is 0 Å². The molecule has 0 bridgehead atoms. The van der Waals surface area contributed by atoms with Gasteiger partial charge in [-0.1, -0.05) is 37.0 Å². The smallest absolute Gasteiger partial charge is 0.263 e. The van der Waals surface area contributed by atoms with Crippen LogP contribution in [0.1, 0.15) is 13.8 Å². The van der Waals surface area contributed by atoms with Gasteiger partial charge >= 0.3 is 0 Å². The van der Waals surface area contributed by atoms with Crippen molar-refractivity contribution in [1.29, 1.82) is 0 Å². The summed E-state index contributed by atoms with van der Waals surface area (Å²) in [5.41, 5.74) is -0.0227. The average molecular weight is 455 g/mol. The van der Waals surface area contributed by atoms with Gasteiger partial charge < -0.3 is 0 Å². The number of hydrogen-bond acceptors (Lipinski definition) is 4. The summed E-state index contributed by atoms with van der Waals surface area (Å²) in [6.45, 7) is 3.82. The molecule has 0 atom stereocenters. The number of halogens is 3. The maximum Gasteiger partial charge on any atom is 0.263 e. The molecule has 0 aliphatic heterocycles. The van der Waals surface area contributed by atoms with E-state index in [4.69, 9.17) is 23.2 Å². The minimum atomic E-state index is -4.17. The van der Waals surface area contributed by atoms with Crippen molar-refractivity contribution >= 4 is 48.9 Å². The van der Waals surface area contributed by atoms with E-state index >= 15 is 0 Å². The van der Waals surface area contributed by atoms with Crippen LogP contribution in [0.2, 0.25) is 10.0 Å². The van der Waals surface area contributed by atoms with Gasteiger partial charge in [0.05, 0.1) is 15.7 Å². The van der Waals surface area contributed by atoms with Crippen molar-refractivity contribution in [2.75, 3.05) is 17.8 Å². The second kappa shape index (κ2) is 8.32. The topological polar surface area (TPSA) is 83.6 Å². The van der Waals surface area contributed by atoms with Crippen molar-refractivity contribution in [3.63, 3.8) is 0 Å². The quantitative estimate of drug-likeness (QED) is 0.685. The fraction of sp³-hybridized carbons (Fsp3) is 0.250. The molecule has 148 valence electrons. The van der Waals surface area contributed by atoms with Gasteiger partial charge in [-0.25, -0.2) is 21.2 Å². The number of sulfonamides is 2. The molecule has 0 saturated carbocycles. The van der Waals surface area contributed by atoms with Crippen LogP contribution in [0.5, 0.6) is 0 Å². The van der Waals surface area contributed by atoms with E-state index in [0.29, 0.717) is 0 Å². The molecule has 0 aromatic heterocycles. The van der Waals surface area contributed by atoms with E-state index in [1.165, 1.54) is 16.4 Å². The van der Waals surface area contributed by atoms with E-state index in [9.17, 15) is 21.2 Å². The second-order valence-electron chi connectivity index (χ2n) is 5.41. The highest BCUT2D eigenvalue weighted by atomic mass is 35.5. The van der Waals surface area contributed by atoms with E-state index in [1.54, 1.807) is 13.8 Å². The zero-order valence-corrected chi connectivity index (χ0v) is 17.6. The van der Waals surface area contributed by atoms with Crippen molar-refractivity contribution in [3.05, 3.63) is 52.3 Å². The first-order valence-corrected chi connectivity index (χ1v) is 11.5. The zero-order valence-electron chi connectivity index (χ0n) is 14.4. The number of hydrogen-bond donors (Lipinski definition) is 1. The lowest BCUT2D eigenvalue weighted by Crippen LogP contribution is -2.30. The Balaban J connectivity index is 2.47. The Morgan fingerprint density at radius 2 is 1.56 bits per heavy atom. The third-order valence-electron chi connectivity index (χ3n) is 3.69.